The highest BCUT2D eigenvalue weighted by Crippen LogP contribution is 2.31. The van der Waals surface area contributed by atoms with Crippen LogP contribution in [-0.4, -0.2) is 10.1 Å². The number of nitrogens with two attached hydrogens (primary N) is 1. The first-order chi connectivity index (χ1) is 8.89. The first kappa shape index (κ1) is 13.4. The van der Waals surface area contributed by atoms with Crippen LogP contribution in [0.3, 0.4) is 0 Å². The molecule has 2 aromatic rings. The summed E-state index contributed by atoms with van der Waals surface area (Å²) in [4.78, 5) is 3.82. The van der Waals surface area contributed by atoms with Gasteiger partial charge in [-0.3, -0.25) is 0 Å². The number of nitrogen functional groups attached to an aromatic ring is 1. The normalized spacial score (nSPS) is 13.3. The second-order valence-electron chi connectivity index (χ2n) is 4.00. The molecule has 0 aliphatic heterocycles. The van der Waals surface area contributed by atoms with Crippen LogP contribution >= 0.6 is 0 Å². The second kappa shape index (κ2) is 4.89. The molecule has 1 unspecified atom stereocenters. The van der Waals surface area contributed by atoms with Crippen molar-refractivity contribution in [2.45, 2.75) is 12.3 Å². The van der Waals surface area contributed by atoms with Crippen molar-refractivity contribution in [3.63, 3.8) is 0 Å². The molecule has 3 N–H and O–H groups in total. The molecule has 0 bridgehead atoms. The lowest BCUT2D eigenvalue weighted by atomic mass is 10.0. The van der Waals surface area contributed by atoms with Crippen LogP contribution in [0.5, 0.6) is 0 Å². The first-order valence-electron chi connectivity index (χ1n) is 5.45. The fourth-order valence-corrected chi connectivity index (χ4v) is 1.70. The topological polar surface area (TPSA) is 59.1 Å². The number of alkyl halides is 3. The van der Waals surface area contributed by atoms with Crippen LogP contribution < -0.4 is 5.73 Å². The summed E-state index contributed by atoms with van der Waals surface area (Å²) in [5, 5.41) is 10.1. The zero-order valence-electron chi connectivity index (χ0n) is 9.72. The molecule has 0 aliphatic rings. The molecule has 1 heterocycles. The summed E-state index contributed by atoms with van der Waals surface area (Å²) in [6.07, 6.45) is -4.02. The summed E-state index contributed by atoms with van der Waals surface area (Å²) in [6.45, 7) is 0. The number of benzene rings is 1. The van der Waals surface area contributed by atoms with Crippen LogP contribution in [-0.2, 0) is 6.18 Å². The number of nitrogens with zero attached hydrogens (tertiary/aromatic N) is 1. The Bertz CT molecular complexity index is 567. The lowest BCUT2D eigenvalue weighted by molar-refractivity contribution is -0.137. The highest BCUT2D eigenvalue weighted by molar-refractivity contribution is 5.44. The summed E-state index contributed by atoms with van der Waals surface area (Å²) in [7, 11) is 0. The number of pyridine rings is 1. The predicted octanol–water partition coefficient (Wildman–Crippen LogP) is 2.76. The molecule has 100 valence electrons. The van der Waals surface area contributed by atoms with Crippen molar-refractivity contribution in [2.24, 2.45) is 0 Å². The summed E-state index contributed by atoms with van der Waals surface area (Å²) in [5.41, 5.74) is 5.54. The molecular formula is C13H11F3N2O. The third-order valence-electron chi connectivity index (χ3n) is 2.72. The molecule has 6 heteroatoms. The number of halogens is 3. The molecule has 0 saturated carbocycles. The number of rotatable bonds is 2. The van der Waals surface area contributed by atoms with Crippen LogP contribution in [0.1, 0.15) is 22.8 Å². The zero-order valence-corrected chi connectivity index (χ0v) is 9.72. The maximum atomic E-state index is 12.4. The van der Waals surface area contributed by atoms with Crippen molar-refractivity contribution in [1.82, 2.24) is 4.98 Å². The minimum Gasteiger partial charge on any atom is -0.384 e. The number of hydrogen-bond donors (Lipinski definition) is 2. The van der Waals surface area contributed by atoms with E-state index in [1.807, 2.05) is 0 Å². The Morgan fingerprint density at radius 3 is 2.26 bits per heavy atom. The van der Waals surface area contributed by atoms with E-state index >= 15 is 0 Å². The molecule has 3 nitrogen and oxygen atoms in total. The average Bonchev–Trinajstić information content (AvgIpc) is 2.38. The predicted molar refractivity (Wildman–Crippen MR) is 64.2 cm³/mol. The van der Waals surface area contributed by atoms with Crippen LogP contribution in [0, 0.1) is 0 Å². The van der Waals surface area contributed by atoms with Gasteiger partial charge in [0.05, 0.1) is 5.56 Å². The van der Waals surface area contributed by atoms with Gasteiger partial charge in [0.1, 0.15) is 11.9 Å². The van der Waals surface area contributed by atoms with E-state index in [-0.39, 0.29) is 5.82 Å². The van der Waals surface area contributed by atoms with Crippen LogP contribution in [0.15, 0.2) is 42.6 Å². The van der Waals surface area contributed by atoms with E-state index in [9.17, 15) is 18.3 Å². The molecule has 19 heavy (non-hydrogen) atoms. The average molecular weight is 268 g/mol. The maximum absolute atomic E-state index is 12.4. The quantitative estimate of drug-likeness (QED) is 0.880. The highest BCUT2D eigenvalue weighted by atomic mass is 19.4. The van der Waals surface area contributed by atoms with Gasteiger partial charge in [0.2, 0.25) is 0 Å². The summed E-state index contributed by atoms with van der Waals surface area (Å²) >= 11 is 0. The fraction of sp³-hybridized carbons (Fsp3) is 0.154. The van der Waals surface area contributed by atoms with E-state index in [1.165, 1.54) is 18.3 Å². The van der Waals surface area contributed by atoms with Gasteiger partial charge in [0.15, 0.2) is 0 Å². The zero-order chi connectivity index (χ0) is 14.0. The Kier molecular flexibility index (Phi) is 3.44. The standard InChI is InChI=1S/C13H11F3N2O/c14-13(15,16)9-5-3-8(4-6-9)11(19)10-2-1-7-18-12(10)17/h1-7,11,19H,(H2,17,18). The van der Waals surface area contributed by atoms with Gasteiger partial charge in [-0.2, -0.15) is 13.2 Å². The minimum absolute atomic E-state index is 0.148. The van der Waals surface area contributed by atoms with Gasteiger partial charge >= 0.3 is 6.18 Å². The molecule has 0 radical (unpaired) electrons. The summed E-state index contributed by atoms with van der Waals surface area (Å²) < 4.78 is 37.2. The van der Waals surface area contributed by atoms with Crippen LogP contribution in [0.4, 0.5) is 19.0 Å². The Labute approximate surface area is 107 Å². The van der Waals surface area contributed by atoms with Gasteiger partial charge in [-0.25, -0.2) is 4.98 Å². The molecule has 1 atom stereocenters. The smallest absolute Gasteiger partial charge is 0.384 e. The largest absolute Gasteiger partial charge is 0.416 e. The van der Waals surface area contributed by atoms with Crippen LogP contribution in [0.25, 0.3) is 0 Å². The van der Waals surface area contributed by atoms with Gasteiger partial charge in [-0.15, -0.1) is 0 Å². The van der Waals surface area contributed by atoms with E-state index in [0.29, 0.717) is 11.1 Å². The Hall–Kier alpha value is -2.08. The van der Waals surface area contributed by atoms with Gasteiger partial charge in [0, 0.05) is 11.8 Å². The molecule has 1 aromatic heterocycles. The Morgan fingerprint density at radius 2 is 1.74 bits per heavy atom. The van der Waals surface area contributed by atoms with Crippen molar-refractivity contribution < 1.29 is 18.3 Å². The van der Waals surface area contributed by atoms with Gasteiger partial charge in [-0.05, 0) is 23.8 Å². The van der Waals surface area contributed by atoms with E-state index in [0.717, 1.165) is 12.1 Å². The second-order valence-corrected chi connectivity index (χ2v) is 4.00. The highest BCUT2D eigenvalue weighted by Gasteiger charge is 2.30. The van der Waals surface area contributed by atoms with Crippen molar-refractivity contribution in [2.75, 3.05) is 5.73 Å². The summed E-state index contributed by atoms with van der Waals surface area (Å²) in [6, 6.07) is 7.46. The molecule has 0 aliphatic carbocycles. The van der Waals surface area contributed by atoms with Gasteiger partial charge < -0.3 is 10.8 Å². The minimum atomic E-state index is -4.39. The van der Waals surface area contributed by atoms with Gasteiger partial charge in [-0.1, -0.05) is 18.2 Å². The number of anilines is 1. The number of hydrogen-bond acceptors (Lipinski definition) is 3. The molecule has 2 rings (SSSR count). The van der Waals surface area contributed by atoms with E-state index in [2.05, 4.69) is 4.98 Å². The molecule has 0 fully saturated rings. The third-order valence-corrected chi connectivity index (χ3v) is 2.72. The molecule has 0 amide bonds. The Balaban J connectivity index is 2.31. The molecule has 0 spiro atoms. The molecule has 1 aromatic carbocycles. The third kappa shape index (κ3) is 2.85. The Morgan fingerprint density at radius 1 is 1.11 bits per heavy atom. The van der Waals surface area contributed by atoms with E-state index in [4.69, 9.17) is 5.73 Å². The number of aliphatic hydroxyl groups is 1. The van der Waals surface area contributed by atoms with Gasteiger partial charge in [0.25, 0.3) is 0 Å². The molecular weight excluding hydrogens is 257 g/mol. The van der Waals surface area contributed by atoms with Crippen LogP contribution in [0.2, 0.25) is 0 Å². The molecule has 0 saturated heterocycles. The SMILES string of the molecule is Nc1ncccc1C(O)c1ccc(C(F)(F)F)cc1. The van der Waals surface area contributed by atoms with E-state index < -0.39 is 17.8 Å². The monoisotopic (exact) mass is 268 g/mol. The number of aliphatic hydroxyl groups excluding tert-OH is 1. The van der Waals surface area contributed by atoms with E-state index in [1.54, 1.807) is 12.1 Å². The van der Waals surface area contributed by atoms with Crippen molar-refractivity contribution in [1.29, 1.82) is 0 Å². The fourth-order valence-electron chi connectivity index (χ4n) is 1.70. The summed E-state index contributed by atoms with van der Waals surface area (Å²) in [5.74, 6) is 0.148. The van der Waals surface area contributed by atoms with Crippen molar-refractivity contribution in [3.8, 4) is 0 Å². The van der Waals surface area contributed by atoms with Crippen molar-refractivity contribution in [3.05, 3.63) is 59.3 Å². The lowest BCUT2D eigenvalue weighted by Gasteiger charge is -2.14. The lowest BCUT2D eigenvalue weighted by Crippen LogP contribution is -2.07. The van der Waals surface area contributed by atoms with Crippen molar-refractivity contribution >= 4 is 5.82 Å². The first-order valence-corrected chi connectivity index (χ1v) is 5.45. The maximum Gasteiger partial charge on any atom is 0.416 e. The number of aromatic nitrogens is 1.